The first-order chi connectivity index (χ1) is 14.4. The molecule has 0 saturated carbocycles. The van der Waals surface area contributed by atoms with Crippen molar-refractivity contribution in [2.45, 2.75) is 12.8 Å². The Hall–Kier alpha value is -3.25. The van der Waals surface area contributed by atoms with Crippen molar-refractivity contribution in [3.8, 4) is 0 Å². The van der Waals surface area contributed by atoms with E-state index in [-0.39, 0.29) is 23.3 Å². The van der Waals surface area contributed by atoms with Gasteiger partial charge in [-0.05, 0) is 36.2 Å². The van der Waals surface area contributed by atoms with E-state index in [2.05, 4.69) is 15.3 Å². The number of carbonyl (C=O) groups excluding carboxylic acids is 2. The molecule has 1 atom stereocenters. The maximum absolute atomic E-state index is 13.0. The van der Waals surface area contributed by atoms with Crippen LogP contribution in [0, 0.1) is 5.92 Å². The van der Waals surface area contributed by atoms with E-state index in [1.54, 1.807) is 12.1 Å². The average Bonchev–Trinajstić information content (AvgIpc) is 2.75. The molecular formula is C23H23ClN4O2. The number of ketones is 1. The Morgan fingerprint density at radius 2 is 1.77 bits per heavy atom. The van der Waals surface area contributed by atoms with Crippen LogP contribution in [0.3, 0.4) is 0 Å². The Morgan fingerprint density at radius 3 is 2.40 bits per heavy atom. The maximum Gasteiger partial charge on any atom is 0.228 e. The van der Waals surface area contributed by atoms with Crippen LogP contribution < -0.4 is 10.2 Å². The van der Waals surface area contributed by atoms with Crippen LogP contribution in [0.4, 0.5) is 11.4 Å². The molecule has 0 saturated heterocycles. The number of hydrogen-bond donors (Lipinski definition) is 1. The SMILES string of the molecule is CN(C)c1ccc(C(=O)C[C@H](Cc2ccccc2)C(=O)Nc2cncnc2Cl)cc1. The number of carbonyl (C=O) groups is 2. The van der Waals surface area contributed by atoms with Crippen molar-refractivity contribution < 1.29 is 9.59 Å². The van der Waals surface area contributed by atoms with Crippen molar-refractivity contribution in [1.29, 1.82) is 0 Å². The molecule has 0 aliphatic heterocycles. The molecule has 0 unspecified atom stereocenters. The van der Waals surface area contributed by atoms with Crippen molar-refractivity contribution in [3.63, 3.8) is 0 Å². The summed E-state index contributed by atoms with van der Waals surface area (Å²) in [5, 5.41) is 2.91. The largest absolute Gasteiger partial charge is 0.378 e. The van der Waals surface area contributed by atoms with Crippen LogP contribution in [0.25, 0.3) is 0 Å². The summed E-state index contributed by atoms with van der Waals surface area (Å²) in [6, 6.07) is 17.0. The number of benzene rings is 2. The Morgan fingerprint density at radius 1 is 1.07 bits per heavy atom. The highest BCUT2D eigenvalue weighted by Crippen LogP contribution is 2.22. The zero-order valence-corrected chi connectivity index (χ0v) is 17.6. The number of rotatable bonds is 8. The molecule has 1 aromatic heterocycles. The van der Waals surface area contributed by atoms with Gasteiger partial charge in [0.15, 0.2) is 10.9 Å². The molecule has 2 aromatic carbocycles. The molecule has 0 fully saturated rings. The monoisotopic (exact) mass is 422 g/mol. The zero-order valence-electron chi connectivity index (χ0n) is 16.9. The molecule has 0 aliphatic rings. The van der Waals surface area contributed by atoms with Crippen LogP contribution in [0.5, 0.6) is 0 Å². The third-order valence-corrected chi connectivity index (χ3v) is 5.06. The summed E-state index contributed by atoms with van der Waals surface area (Å²) < 4.78 is 0. The quantitative estimate of drug-likeness (QED) is 0.433. The zero-order chi connectivity index (χ0) is 21.5. The lowest BCUT2D eigenvalue weighted by molar-refractivity contribution is -0.119. The van der Waals surface area contributed by atoms with Gasteiger partial charge in [-0.3, -0.25) is 9.59 Å². The van der Waals surface area contributed by atoms with Crippen molar-refractivity contribution in [2.24, 2.45) is 5.92 Å². The van der Waals surface area contributed by atoms with Gasteiger partial charge in [-0.2, -0.15) is 0 Å². The van der Waals surface area contributed by atoms with Crippen molar-refractivity contribution in [1.82, 2.24) is 9.97 Å². The summed E-state index contributed by atoms with van der Waals surface area (Å²) in [6.45, 7) is 0. The van der Waals surface area contributed by atoms with Crippen LogP contribution in [-0.4, -0.2) is 35.8 Å². The number of Topliss-reactive ketones (excluding diaryl/α,β-unsaturated/α-hetero) is 1. The van der Waals surface area contributed by atoms with E-state index in [4.69, 9.17) is 11.6 Å². The molecule has 0 aliphatic carbocycles. The van der Waals surface area contributed by atoms with Crippen molar-refractivity contribution >= 4 is 34.7 Å². The molecule has 7 heteroatoms. The van der Waals surface area contributed by atoms with E-state index in [1.165, 1.54) is 12.5 Å². The van der Waals surface area contributed by atoms with E-state index in [1.807, 2.05) is 61.5 Å². The molecule has 30 heavy (non-hydrogen) atoms. The van der Waals surface area contributed by atoms with Gasteiger partial charge in [-0.25, -0.2) is 9.97 Å². The van der Waals surface area contributed by atoms with Gasteiger partial charge < -0.3 is 10.2 Å². The molecule has 0 bridgehead atoms. The predicted molar refractivity (Wildman–Crippen MR) is 119 cm³/mol. The second-order valence-electron chi connectivity index (χ2n) is 7.17. The minimum absolute atomic E-state index is 0.0767. The Bertz CT molecular complexity index is 1010. The Kier molecular flexibility index (Phi) is 7.14. The summed E-state index contributed by atoms with van der Waals surface area (Å²) in [5.41, 5.74) is 2.88. The molecular weight excluding hydrogens is 400 g/mol. The molecule has 0 radical (unpaired) electrons. The normalized spacial score (nSPS) is 11.6. The van der Waals surface area contributed by atoms with Gasteiger partial charge in [0.05, 0.1) is 11.9 Å². The van der Waals surface area contributed by atoms with Crippen LogP contribution in [0.2, 0.25) is 5.15 Å². The van der Waals surface area contributed by atoms with E-state index in [0.717, 1.165) is 11.3 Å². The fourth-order valence-corrected chi connectivity index (χ4v) is 3.22. The molecule has 3 aromatic rings. The number of aromatic nitrogens is 2. The minimum Gasteiger partial charge on any atom is -0.378 e. The smallest absolute Gasteiger partial charge is 0.228 e. The fourth-order valence-electron chi connectivity index (χ4n) is 3.08. The van der Waals surface area contributed by atoms with Gasteiger partial charge in [0, 0.05) is 37.7 Å². The maximum atomic E-state index is 13.0. The fraction of sp³-hybridized carbons (Fsp3) is 0.217. The number of nitrogens with zero attached hydrogens (tertiary/aromatic N) is 3. The molecule has 1 amide bonds. The lowest BCUT2D eigenvalue weighted by Crippen LogP contribution is -2.27. The highest BCUT2D eigenvalue weighted by atomic mass is 35.5. The third kappa shape index (κ3) is 5.64. The van der Waals surface area contributed by atoms with Crippen LogP contribution in [0.1, 0.15) is 22.3 Å². The van der Waals surface area contributed by atoms with Crippen molar-refractivity contribution in [2.75, 3.05) is 24.3 Å². The number of amides is 1. The summed E-state index contributed by atoms with van der Waals surface area (Å²) >= 11 is 6.04. The van der Waals surface area contributed by atoms with Crippen molar-refractivity contribution in [3.05, 3.63) is 83.4 Å². The number of nitrogens with one attached hydrogen (secondary N) is 1. The Labute approximate surface area is 180 Å². The van der Waals surface area contributed by atoms with E-state index in [9.17, 15) is 9.59 Å². The van der Waals surface area contributed by atoms with E-state index in [0.29, 0.717) is 17.7 Å². The number of anilines is 2. The summed E-state index contributed by atoms with van der Waals surface area (Å²) in [6.07, 6.45) is 3.25. The summed E-state index contributed by atoms with van der Waals surface area (Å²) in [7, 11) is 3.88. The third-order valence-electron chi connectivity index (χ3n) is 4.75. The van der Waals surface area contributed by atoms with Gasteiger partial charge in [0.25, 0.3) is 0 Å². The van der Waals surface area contributed by atoms with Gasteiger partial charge in [0.2, 0.25) is 5.91 Å². The first kappa shape index (κ1) is 21.5. The highest BCUT2D eigenvalue weighted by molar-refractivity contribution is 6.32. The van der Waals surface area contributed by atoms with E-state index >= 15 is 0 Å². The second-order valence-corrected chi connectivity index (χ2v) is 7.53. The minimum atomic E-state index is -0.565. The standard InChI is InChI=1S/C23H23ClN4O2/c1-28(2)19-10-8-17(9-11-19)21(29)13-18(12-16-6-4-3-5-7-16)23(30)27-20-14-25-15-26-22(20)24/h3-11,14-15,18H,12-13H2,1-2H3,(H,27,30)/t18-/m0/s1. The predicted octanol–water partition coefficient (Wildman–Crippen LogP) is 4.27. The summed E-state index contributed by atoms with van der Waals surface area (Å²) in [5.74, 6) is -0.953. The Balaban J connectivity index is 1.79. The second kappa shape index (κ2) is 9.98. The molecule has 1 N–H and O–H groups in total. The first-order valence-corrected chi connectivity index (χ1v) is 9.92. The van der Waals surface area contributed by atoms with Crippen LogP contribution in [0.15, 0.2) is 67.1 Å². The van der Waals surface area contributed by atoms with Crippen LogP contribution >= 0.6 is 11.6 Å². The van der Waals surface area contributed by atoms with Crippen LogP contribution in [-0.2, 0) is 11.2 Å². The molecule has 1 heterocycles. The molecule has 6 nitrogen and oxygen atoms in total. The van der Waals surface area contributed by atoms with Gasteiger partial charge in [-0.15, -0.1) is 0 Å². The average molecular weight is 423 g/mol. The lowest BCUT2D eigenvalue weighted by atomic mass is 9.91. The van der Waals surface area contributed by atoms with Gasteiger partial charge >= 0.3 is 0 Å². The topological polar surface area (TPSA) is 75.2 Å². The van der Waals surface area contributed by atoms with Gasteiger partial charge in [0.1, 0.15) is 6.33 Å². The van der Waals surface area contributed by atoms with E-state index < -0.39 is 5.92 Å². The summed E-state index contributed by atoms with van der Waals surface area (Å²) in [4.78, 5) is 35.6. The number of hydrogen-bond acceptors (Lipinski definition) is 5. The molecule has 3 rings (SSSR count). The molecule has 154 valence electrons. The molecule has 0 spiro atoms. The lowest BCUT2D eigenvalue weighted by Gasteiger charge is -2.17. The number of halogens is 1. The van der Waals surface area contributed by atoms with Gasteiger partial charge in [-0.1, -0.05) is 41.9 Å². The highest BCUT2D eigenvalue weighted by Gasteiger charge is 2.24. The first-order valence-electron chi connectivity index (χ1n) is 9.55.